The van der Waals surface area contributed by atoms with Gasteiger partial charge in [-0.2, -0.15) is 5.26 Å². The van der Waals surface area contributed by atoms with Gasteiger partial charge in [-0.3, -0.25) is 4.98 Å². The number of carboxylic acid groups (broad SMARTS) is 1. The number of pyridine rings is 1. The fourth-order valence-electron chi connectivity index (χ4n) is 2.02. The summed E-state index contributed by atoms with van der Waals surface area (Å²) >= 11 is 0. The third kappa shape index (κ3) is 3.00. The van der Waals surface area contributed by atoms with Gasteiger partial charge in [0.2, 0.25) is 0 Å². The Kier molecular flexibility index (Phi) is 3.90. The van der Waals surface area contributed by atoms with E-state index in [1.165, 1.54) is 12.1 Å². The van der Waals surface area contributed by atoms with Crippen molar-refractivity contribution in [2.75, 3.05) is 0 Å². The van der Waals surface area contributed by atoms with Gasteiger partial charge in [-0.05, 0) is 44.5 Å². The van der Waals surface area contributed by atoms with Crippen LogP contribution in [0, 0.1) is 32.1 Å². The van der Waals surface area contributed by atoms with E-state index in [0.29, 0.717) is 28.3 Å². The normalized spacial score (nSPS) is 10.0. The second kappa shape index (κ2) is 5.63. The molecule has 5 heteroatoms. The van der Waals surface area contributed by atoms with Crippen LogP contribution in [0.1, 0.15) is 32.9 Å². The van der Waals surface area contributed by atoms with Gasteiger partial charge in [-0.1, -0.05) is 0 Å². The molecule has 1 aromatic heterocycles. The van der Waals surface area contributed by atoms with Crippen LogP contribution in [0.4, 0.5) is 0 Å². The van der Waals surface area contributed by atoms with Crippen LogP contribution in [-0.2, 0) is 0 Å². The monoisotopic (exact) mass is 282 g/mol. The number of nitrogens with zero attached hydrogens (tertiary/aromatic N) is 2. The van der Waals surface area contributed by atoms with Crippen molar-refractivity contribution < 1.29 is 14.6 Å². The van der Waals surface area contributed by atoms with Crippen molar-refractivity contribution in [1.82, 2.24) is 4.98 Å². The second-order valence-corrected chi connectivity index (χ2v) is 4.72. The number of nitriles is 1. The van der Waals surface area contributed by atoms with Gasteiger partial charge in [-0.25, -0.2) is 4.79 Å². The molecule has 0 aliphatic heterocycles. The highest BCUT2D eigenvalue weighted by atomic mass is 16.5. The standard InChI is InChI=1S/C16H14N2O3/c1-9-6-12(16(19)20)4-5-14(9)21-15-7-10(2)18-11(3)13(15)8-17/h4-7H,1-3H3,(H,19,20). The Balaban J connectivity index is 2.44. The molecule has 21 heavy (non-hydrogen) atoms. The highest BCUT2D eigenvalue weighted by molar-refractivity contribution is 5.88. The first-order valence-electron chi connectivity index (χ1n) is 6.32. The highest BCUT2D eigenvalue weighted by Gasteiger charge is 2.12. The maximum atomic E-state index is 10.9. The third-order valence-electron chi connectivity index (χ3n) is 3.05. The lowest BCUT2D eigenvalue weighted by atomic mass is 10.1. The maximum absolute atomic E-state index is 10.9. The van der Waals surface area contributed by atoms with E-state index in [1.807, 2.05) is 6.92 Å². The average molecular weight is 282 g/mol. The first-order valence-corrected chi connectivity index (χ1v) is 6.32. The SMILES string of the molecule is Cc1cc(Oc2ccc(C(=O)O)cc2C)c(C#N)c(C)n1. The van der Waals surface area contributed by atoms with Gasteiger partial charge in [0.15, 0.2) is 0 Å². The number of rotatable bonds is 3. The molecule has 0 spiro atoms. The van der Waals surface area contributed by atoms with Gasteiger partial charge in [0.05, 0.1) is 11.3 Å². The Morgan fingerprint density at radius 1 is 1.24 bits per heavy atom. The van der Waals surface area contributed by atoms with Crippen LogP contribution in [0.5, 0.6) is 11.5 Å². The number of carbonyl (C=O) groups is 1. The van der Waals surface area contributed by atoms with E-state index in [1.54, 1.807) is 26.0 Å². The van der Waals surface area contributed by atoms with Crippen molar-refractivity contribution in [2.24, 2.45) is 0 Å². The van der Waals surface area contributed by atoms with E-state index in [-0.39, 0.29) is 5.56 Å². The molecule has 0 amide bonds. The lowest BCUT2D eigenvalue weighted by Gasteiger charge is -2.12. The van der Waals surface area contributed by atoms with Crippen molar-refractivity contribution in [3.63, 3.8) is 0 Å². The summed E-state index contributed by atoms with van der Waals surface area (Å²) < 4.78 is 5.77. The van der Waals surface area contributed by atoms with Gasteiger partial charge >= 0.3 is 5.97 Å². The first-order chi connectivity index (χ1) is 9.92. The molecule has 1 N–H and O–H groups in total. The Bertz CT molecular complexity index is 761. The summed E-state index contributed by atoms with van der Waals surface area (Å²) in [7, 11) is 0. The fraction of sp³-hybridized carbons (Fsp3) is 0.188. The van der Waals surface area contributed by atoms with Gasteiger partial charge in [0, 0.05) is 11.8 Å². The van der Waals surface area contributed by atoms with Gasteiger partial charge < -0.3 is 9.84 Å². The summed E-state index contributed by atoms with van der Waals surface area (Å²) in [6, 6.07) is 8.36. The van der Waals surface area contributed by atoms with E-state index in [2.05, 4.69) is 11.1 Å². The molecule has 0 atom stereocenters. The first kappa shape index (κ1) is 14.5. The van der Waals surface area contributed by atoms with Crippen LogP contribution >= 0.6 is 0 Å². The van der Waals surface area contributed by atoms with Crippen molar-refractivity contribution >= 4 is 5.97 Å². The second-order valence-electron chi connectivity index (χ2n) is 4.72. The molecule has 0 aliphatic rings. The molecule has 5 nitrogen and oxygen atoms in total. The molecule has 1 aromatic carbocycles. The number of carboxylic acids is 1. The maximum Gasteiger partial charge on any atom is 0.335 e. The molecular weight excluding hydrogens is 268 g/mol. The largest absolute Gasteiger partial charge is 0.478 e. The van der Waals surface area contributed by atoms with Gasteiger partial charge in [0.1, 0.15) is 23.1 Å². The Hall–Kier alpha value is -2.87. The lowest BCUT2D eigenvalue weighted by molar-refractivity contribution is 0.0697. The lowest BCUT2D eigenvalue weighted by Crippen LogP contribution is -1.99. The number of aryl methyl sites for hydroxylation is 3. The zero-order valence-electron chi connectivity index (χ0n) is 12.0. The predicted molar refractivity (Wildman–Crippen MR) is 76.6 cm³/mol. The van der Waals surface area contributed by atoms with Crippen molar-refractivity contribution in [3.05, 3.63) is 52.3 Å². The number of aromatic nitrogens is 1. The van der Waals surface area contributed by atoms with Crippen LogP contribution < -0.4 is 4.74 Å². The number of hydrogen-bond donors (Lipinski definition) is 1. The molecule has 0 saturated heterocycles. The number of aromatic carboxylic acids is 1. The van der Waals surface area contributed by atoms with E-state index >= 15 is 0 Å². The van der Waals surface area contributed by atoms with Gasteiger partial charge in [-0.15, -0.1) is 0 Å². The molecule has 0 radical (unpaired) electrons. The number of benzene rings is 1. The Labute approximate surface area is 122 Å². The summed E-state index contributed by atoms with van der Waals surface area (Å²) in [4.78, 5) is 15.1. The molecule has 0 bridgehead atoms. The predicted octanol–water partition coefficient (Wildman–Crippen LogP) is 3.37. The fourth-order valence-corrected chi connectivity index (χ4v) is 2.02. The minimum absolute atomic E-state index is 0.197. The van der Waals surface area contributed by atoms with Crippen LogP contribution in [-0.4, -0.2) is 16.1 Å². The summed E-state index contributed by atoms with van der Waals surface area (Å²) in [5, 5.41) is 18.2. The van der Waals surface area contributed by atoms with Crippen molar-refractivity contribution in [3.8, 4) is 17.6 Å². The Morgan fingerprint density at radius 3 is 2.52 bits per heavy atom. The van der Waals surface area contributed by atoms with Crippen LogP contribution in [0.3, 0.4) is 0 Å². The number of ether oxygens (including phenoxy) is 1. The van der Waals surface area contributed by atoms with Crippen LogP contribution in [0.2, 0.25) is 0 Å². The number of hydrogen-bond acceptors (Lipinski definition) is 4. The summed E-state index contributed by atoms with van der Waals surface area (Å²) in [5.41, 5.74) is 2.62. The molecule has 2 aromatic rings. The molecule has 0 aliphatic carbocycles. The topological polar surface area (TPSA) is 83.2 Å². The molecule has 1 heterocycles. The van der Waals surface area contributed by atoms with Crippen molar-refractivity contribution in [1.29, 1.82) is 5.26 Å². The van der Waals surface area contributed by atoms with Crippen LogP contribution in [0.15, 0.2) is 24.3 Å². The molecular formula is C16H14N2O3. The van der Waals surface area contributed by atoms with E-state index in [9.17, 15) is 10.1 Å². The quantitative estimate of drug-likeness (QED) is 0.933. The zero-order valence-corrected chi connectivity index (χ0v) is 12.0. The van der Waals surface area contributed by atoms with E-state index in [0.717, 1.165) is 5.69 Å². The summed E-state index contributed by atoms with van der Waals surface area (Å²) in [6.07, 6.45) is 0. The third-order valence-corrected chi connectivity index (χ3v) is 3.05. The van der Waals surface area contributed by atoms with Gasteiger partial charge in [0.25, 0.3) is 0 Å². The molecule has 0 unspecified atom stereocenters. The molecule has 106 valence electrons. The summed E-state index contributed by atoms with van der Waals surface area (Å²) in [6.45, 7) is 5.33. The highest BCUT2D eigenvalue weighted by Crippen LogP contribution is 2.29. The smallest absolute Gasteiger partial charge is 0.335 e. The zero-order chi connectivity index (χ0) is 15.6. The summed E-state index contributed by atoms with van der Waals surface area (Å²) in [5.74, 6) is -0.0480. The Morgan fingerprint density at radius 2 is 1.95 bits per heavy atom. The minimum Gasteiger partial charge on any atom is -0.478 e. The average Bonchev–Trinajstić information content (AvgIpc) is 2.40. The van der Waals surface area contributed by atoms with E-state index < -0.39 is 5.97 Å². The van der Waals surface area contributed by atoms with Crippen molar-refractivity contribution in [2.45, 2.75) is 20.8 Å². The van der Waals surface area contributed by atoms with E-state index in [4.69, 9.17) is 9.84 Å². The molecule has 0 saturated carbocycles. The van der Waals surface area contributed by atoms with Crippen LogP contribution in [0.25, 0.3) is 0 Å². The molecule has 0 fully saturated rings. The minimum atomic E-state index is -0.988. The molecule has 2 rings (SSSR count).